The molecule has 0 bridgehead atoms. The zero-order valence-electron chi connectivity index (χ0n) is 15.8. The molecule has 4 heteroatoms. The first-order valence-corrected chi connectivity index (χ1v) is 10.3. The van der Waals surface area contributed by atoms with Gasteiger partial charge in [0.25, 0.3) is 0 Å². The van der Waals surface area contributed by atoms with Crippen molar-refractivity contribution < 1.29 is 14.3 Å². The summed E-state index contributed by atoms with van der Waals surface area (Å²) in [6.07, 6.45) is 9.01. The highest BCUT2D eigenvalue weighted by Crippen LogP contribution is 2.43. The third-order valence-electron chi connectivity index (χ3n) is 6.36. The maximum Gasteiger partial charge on any atom is 0.166 e. The number of benzene rings is 1. The number of carbonyl (C=O) groups is 1. The molecule has 2 unspecified atom stereocenters. The molecule has 2 atom stereocenters. The van der Waals surface area contributed by atoms with Crippen molar-refractivity contribution in [2.75, 3.05) is 20.3 Å². The summed E-state index contributed by atoms with van der Waals surface area (Å²) in [7, 11) is 1.66. The highest BCUT2D eigenvalue weighted by molar-refractivity contribution is 5.99. The Morgan fingerprint density at radius 3 is 2.69 bits per heavy atom. The van der Waals surface area contributed by atoms with Crippen molar-refractivity contribution in [1.82, 2.24) is 5.32 Å². The molecular weight excluding hydrogens is 326 g/mol. The average molecular weight is 357 g/mol. The van der Waals surface area contributed by atoms with Crippen molar-refractivity contribution in [3.05, 3.63) is 29.3 Å². The van der Waals surface area contributed by atoms with Crippen molar-refractivity contribution in [2.24, 2.45) is 5.92 Å². The van der Waals surface area contributed by atoms with Crippen molar-refractivity contribution in [1.29, 1.82) is 0 Å². The van der Waals surface area contributed by atoms with Gasteiger partial charge in [-0.05, 0) is 42.9 Å². The molecule has 2 aliphatic carbocycles. The van der Waals surface area contributed by atoms with E-state index < -0.39 is 0 Å². The van der Waals surface area contributed by atoms with Crippen LogP contribution in [0.25, 0.3) is 0 Å². The minimum Gasteiger partial charge on any atom is -0.496 e. The zero-order chi connectivity index (χ0) is 17.9. The molecule has 0 radical (unpaired) electrons. The standard InChI is InChI=1S/C22H31NO3/c1-25-22-7-6-16(13-19(22)21(24)12-15-4-2-3-5-15)18-14-20(18)23-17-8-10-26-11-9-17/h6-7,13,15,17-18,20,23H,2-5,8-12,14H2,1H3. The lowest BCUT2D eigenvalue weighted by molar-refractivity contribution is 0.0774. The first kappa shape index (κ1) is 18.0. The Labute approximate surface area is 156 Å². The number of ether oxygens (including phenoxy) is 2. The van der Waals surface area contributed by atoms with Gasteiger partial charge in [-0.15, -0.1) is 0 Å². The smallest absolute Gasteiger partial charge is 0.166 e. The molecule has 0 aromatic heterocycles. The van der Waals surface area contributed by atoms with Gasteiger partial charge in [0.05, 0.1) is 12.7 Å². The van der Waals surface area contributed by atoms with Crippen LogP contribution in [0.2, 0.25) is 0 Å². The number of ketones is 1. The molecule has 3 aliphatic rings. The third-order valence-corrected chi connectivity index (χ3v) is 6.36. The Balaban J connectivity index is 1.41. The molecule has 1 N–H and O–H groups in total. The second-order valence-electron chi connectivity index (χ2n) is 8.24. The quantitative estimate of drug-likeness (QED) is 0.747. The number of nitrogens with one attached hydrogen (secondary N) is 1. The van der Waals surface area contributed by atoms with Crippen LogP contribution >= 0.6 is 0 Å². The Bertz CT molecular complexity index is 632. The number of carbonyl (C=O) groups excluding carboxylic acids is 1. The lowest BCUT2D eigenvalue weighted by Crippen LogP contribution is -2.36. The lowest BCUT2D eigenvalue weighted by Gasteiger charge is -2.23. The van der Waals surface area contributed by atoms with E-state index in [-0.39, 0.29) is 5.78 Å². The summed E-state index contributed by atoms with van der Waals surface area (Å²) in [6, 6.07) is 7.36. The van der Waals surface area contributed by atoms with Gasteiger partial charge in [0.15, 0.2) is 5.78 Å². The summed E-state index contributed by atoms with van der Waals surface area (Å²) in [5, 5.41) is 3.78. The fraction of sp³-hybridized carbons (Fsp3) is 0.682. The van der Waals surface area contributed by atoms with Crippen molar-refractivity contribution in [3.63, 3.8) is 0 Å². The van der Waals surface area contributed by atoms with E-state index in [0.29, 0.717) is 30.3 Å². The van der Waals surface area contributed by atoms with Crippen LogP contribution in [0.3, 0.4) is 0 Å². The van der Waals surface area contributed by atoms with Gasteiger partial charge in [0, 0.05) is 37.6 Å². The molecule has 4 nitrogen and oxygen atoms in total. The van der Waals surface area contributed by atoms with Crippen LogP contribution in [0.5, 0.6) is 5.75 Å². The molecule has 2 saturated carbocycles. The Morgan fingerprint density at radius 1 is 1.19 bits per heavy atom. The van der Waals surface area contributed by atoms with Gasteiger partial charge in [0.2, 0.25) is 0 Å². The minimum absolute atomic E-state index is 0.255. The normalized spacial score (nSPS) is 26.8. The van der Waals surface area contributed by atoms with E-state index in [1.165, 1.54) is 37.7 Å². The van der Waals surface area contributed by atoms with Crippen molar-refractivity contribution in [3.8, 4) is 5.75 Å². The number of rotatable bonds is 7. The van der Waals surface area contributed by atoms with Crippen LogP contribution < -0.4 is 10.1 Å². The predicted molar refractivity (Wildman–Crippen MR) is 102 cm³/mol. The van der Waals surface area contributed by atoms with Crippen molar-refractivity contribution in [2.45, 2.75) is 69.4 Å². The first-order valence-electron chi connectivity index (χ1n) is 10.3. The molecule has 0 amide bonds. The molecule has 1 aromatic carbocycles. The SMILES string of the molecule is COc1ccc(C2CC2NC2CCOCC2)cc1C(=O)CC1CCCC1. The fourth-order valence-electron chi connectivity index (χ4n) is 4.68. The third kappa shape index (κ3) is 4.12. The first-order chi connectivity index (χ1) is 12.7. The Hall–Kier alpha value is -1.39. The summed E-state index contributed by atoms with van der Waals surface area (Å²) in [4.78, 5) is 12.9. The summed E-state index contributed by atoms with van der Waals surface area (Å²) in [6.45, 7) is 1.74. The van der Waals surface area contributed by atoms with Gasteiger partial charge in [-0.25, -0.2) is 0 Å². The monoisotopic (exact) mass is 357 g/mol. The van der Waals surface area contributed by atoms with Crippen molar-refractivity contribution >= 4 is 5.78 Å². The molecule has 4 rings (SSSR count). The Kier molecular flexibility index (Phi) is 5.60. The van der Waals surface area contributed by atoms with Gasteiger partial charge >= 0.3 is 0 Å². The minimum atomic E-state index is 0.255. The average Bonchev–Trinajstić information content (AvgIpc) is 3.24. The van der Waals surface area contributed by atoms with E-state index >= 15 is 0 Å². The fourth-order valence-corrected chi connectivity index (χ4v) is 4.68. The van der Waals surface area contributed by atoms with E-state index in [2.05, 4.69) is 17.4 Å². The molecule has 26 heavy (non-hydrogen) atoms. The van der Waals surface area contributed by atoms with Gasteiger partial charge in [-0.3, -0.25) is 4.79 Å². The molecule has 1 heterocycles. The van der Waals surface area contributed by atoms with Gasteiger partial charge in [-0.2, -0.15) is 0 Å². The van der Waals surface area contributed by atoms with Gasteiger partial charge < -0.3 is 14.8 Å². The van der Waals surface area contributed by atoms with Crippen LogP contribution in [0, 0.1) is 5.92 Å². The van der Waals surface area contributed by atoms with Gasteiger partial charge in [-0.1, -0.05) is 31.7 Å². The molecule has 1 saturated heterocycles. The Morgan fingerprint density at radius 2 is 1.96 bits per heavy atom. The molecule has 1 aliphatic heterocycles. The second-order valence-corrected chi connectivity index (χ2v) is 8.24. The summed E-state index contributed by atoms with van der Waals surface area (Å²) in [5.74, 6) is 2.08. The lowest BCUT2D eigenvalue weighted by atomic mass is 9.94. The summed E-state index contributed by atoms with van der Waals surface area (Å²) < 4.78 is 10.9. The van der Waals surface area contributed by atoms with Crippen LogP contribution in [0.1, 0.15) is 73.2 Å². The van der Waals surface area contributed by atoms with E-state index in [4.69, 9.17) is 9.47 Å². The summed E-state index contributed by atoms with van der Waals surface area (Å²) >= 11 is 0. The molecule has 3 fully saturated rings. The highest BCUT2D eigenvalue weighted by atomic mass is 16.5. The summed E-state index contributed by atoms with van der Waals surface area (Å²) in [5.41, 5.74) is 2.07. The maximum atomic E-state index is 12.9. The predicted octanol–water partition coefficient (Wildman–Crippen LogP) is 4.08. The van der Waals surface area contributed by atoms with Crippen LogP contribution in [-0.2, 0) is 4.74 Å². The topological polar surface area (TPSA) is 47.6 Å². The van der Waals surface area contributed by atoms with Crippen LogP contribution in [0.4, 0.5) is 0 Å². The number of hydrogen-bond acceptors (Lipinski definition) is 4. The second kappa shape index (κ2) is 8.10. The van der Waals surface area contributed by atoms with E-state index in [0.717, 1.165) is 37.4 Å². The maximum absolute atomic E-state index is 12.9. The molecule has 0 spiro atoms. The van der Waals surface area contributed by atoms with Crippen LogP contribution in [-0.4, -0.2) is 38.2 Å². The van der Waals surface area contributed by atoms with E-state index in [1.807, 2.05) is 6.07 Å². The number of methoxy groups -OCH3 is 1. The molecule has 1 aromatic rings. The zero-order valence-corrected chi connectivity index (χ0v) is 15.8. The highest BCUT2D eigenvalue weighted by Gasteiger charge is 2.40. The van der Waals surface area contributed by atoms with E-state index in [9.17, 15) is 4.79 Å². The van der Waals surface area contributed by atoms with Crippen LogP contribution in [0.15, 0.2) is 18.2 Å². The molecular formula is C22H31NO3. The van der Waals surface area contributed by atoms with Gasteiger partial charge in [0.1, 0.15) is 5.75 Å². The van der Waals surface area contributed by atoms with E-state index in [1.54, 1.807) is 7.11 Å². The molecule has 142 valence electrons. The largest absolute Gasteiger partial charge is 0.496 e. The number of hydrogen-bond donors (Lipinski definition) is 1. The number of Topliss-reactive ketones (excluding diaryl/α,β-unsaturated/α-hetero) is 1.